The Morgan fingerprint density at radius 1 is 1.25 bits per heavy atom. The van der Waals surface area contributed by atoms with Gasteiger partial charge in [-0.1, -0.05) is 52.9 Å². The minimum Gasteiger partial charge on any atom is -0.385 e. The first-order chi connectivity index (χ1) is 9.03. The Hall–Kier alpha value is 0.424. The quantitative estimate of drug-likeness (QED) is 0.248. The van der Waals surface area contributed by atoms with Gasteiger partial charge in [0.2, 0.25) is 0 Å². The SMILES string of the molecule is COCCC/C(I)=C(/C#C[Si](C)(C)C(C)(C)C)[Si](C)C. The zero-order valence-corrected chi connectivity index (χ0v) is 18.6. The van der Waals surface area contributed by atoms with E-state index in [4.69, 9.17) is 4.74 Å². The second-order valence-electron chi connectivity index (χ2n) is 7.00. The van der Waals surface area contributed by atoms with Crippen LogP contribution in [0.15, 0.2) is 8.78 Å². The number of rotatable bonds is 5. The average Bonchev–Trinajstić information content (AvgIpc) is 2.27. The lowest BCUT2D eigenvalue weighted by Crippen LogP contribution is -2.35. The minimum absolute atomic E-state index is 0.334. The Labute approximate surface area is 142 Å². The number of hydrogen-bond acceptors (Lipinski definition) is 1. The van der Waals surface area contributed by atoms with Gasteiger partial charge in [-0.05, 0) is 49.2 Å². The first-order valence-corrected chi connectivity index (χ1v) is 13.8. The molecule has 115 valence electrons. The van der Waals surface area contributed by atoms with Crippen molar-refractivity contribution >= 4 is 39.5 Å². The fraction of sp³-hybridized carbons (Fsp3) is 0.750. The molecule has 0 aliphatic carbocycles. The van der Waals surface area contributed by atoms with Crippen molar-refractivity contribution in [3.8, 4) is 11.5 Å². The van der Waals surface area contributed by atoms with Crippen LogP contribution in [0, 0.1) is 11.5 Å². The van der Waals surface area contributed by atoms with Crippen molar-refractivity contribution in [3.63, 3.8) is 0 Å². The number of hydrogen-bond donors (Lipinski definition) is 0. The number of halogens is 1. The number of methoxy groups -OCH3 is 1. The molecule has 0 bridgehead atoms. The maximum Gasteiger partial charge on any atom is 0.138 e. The average molecular weight is 421 g/mol. The van der Waals surface area contributed by atoms with Crippen molar-refractivity contribution in [3.05, 3.63) is 8.78 Å². The summed E-state index contributed by atoms with van der Waals surface area (Å²) < 4.78 is 6.59. The van der Waals surface area contributed by atoms with E-state index in [0.29, 0.717) is 5.04 Å². The third-order valence-corrected chi connectivity index (χ3v) is 11.4. The molecule has 0 fully saturated rings. The molecule has 4 heteroatoms. The van der Waals surface area contributed by atoms with Crippen LogP contribution in [0.25, 0.3) is 0 Å². The monoisotopic (exact) mass is 421 g/mol. The van der Waals surface area contributed by atoms with Crippen molar-refractivity contribution in [1.29, 1.82) is 0 Å². The van der Waals surface area contributed by atoms with Crippen LogP contribution in [0.5, 0.6) is 0 Å². The third-order valence-electron chi connectivity index (χ3n) is 3.89. The lowest BCUT2D eigenvalue weighted by atomic mass is 10.2. The maximum atomic E-state index is 5.14. The molecule has 0 aliphatic heterocycles. The summed E-state index contributed by atoms with van der Waals surface area (Å²) in [5.41, 5.74) is 3.67. The Morgan fingerprint density at radius 2 is 1.80 bits per heavy atom. The van der Waals surface area contributed by atoms with Crippen LogP contribution in [-0.4, -0.2) is 30.6 Å². The molecule has 0 aromatic rings. The van der Waals surface area contributed by atoms with E-state index in [0.717, 1.165) is 19.4 Å². The Morgan fingerprint density at radius 3 is 2.20 bits per heavy atom. The molecule has 0 N–H and O–H groups in total. The normalized spacial score (nSPS) is 13.9. The smallest absolute Gasteiger partial charge is 0.138 e. The molecule has 0 amide bonds. The molecule has 0 aromatic carbocycles. The van der Waals surface area contributed by atoms with E-state index in [1.54, 1.807) is 7.11 Å². The summed E-state index contributed by atoms with van der Waals surface area (Å²) in [5.74, 6) is 3.58. The van der Waals surface area contributed by atoms with E-state index in [1.165, 1.54) is 8.78 Å². The second kappa shape index (κ2) is 8.77. The Balaban J connectivity index is 5.20. The molecular weight excluding hydrogens is 391 g/mol. The summed E-state index contributed by atoms with van der Waals surface area (Å²) in [6.07, 6.45) is 2.20. The number of allylic oxidation sites excluding steroid dienone is 2. The van der Waals surface area contributed by atoms with Gasteiger partial charge in [0, 0.05) is 13.7 Å². The van der Waals surface area contributed by atoms with Crippen LogP contribution < -0.4 is 0 Å². The van der Waals surface area contributed by atoms with Crippen molar-refractivity contribution in [2.24, 2.45) is 0 Å². The summed E-state index contributed by atoms with van der Waals surface area (Å²) in [6, 6.07) is 0. The molecule has 0 unspecified atom stereocenters. The topological polar surface area (TPSA) is 9.23 Å². The van der Waals surface area contributed by atoms with Gasteiger partial charge in [-0.2, -0.15) is 0 Å². The molecule has 20 heavy (non-hydrogen) atoms. The maximum absolute atomic E-state index is 5.14. The third kappa shape index (κ3) is 6.92. The van der Waals surface area contributed by atoms with Gasteiger partial charge in [-0.25, -0.2) is 0 Å². The Kier molecular flexibility index (Phi) is 8.95. The van der Waals surface area contributed by atoms with Crippen LogP contribution in [-0.2, 0) is 4.74 Å². The van der Waals surface area contributed by atoms with Gasteiger partial charge in [-0.15, -0.1) is 5.54 Å². The zero-order chi connectivity index (χ0) is 16.0. The molecule has 0 saturated carbocycles. The van der Waals surface area contributed by atoms with Crippen LogP contribution in [0.3, 0.4) is 0 Å². The summed E-state index contributed by atoms with van der Waals surface area (Å²) >= 11 is 2.49. The minimum atomic E-state index is -1.50. The van der Waals surface area contributed by atoms with Crippen molar-refractivity contribution < 1.29 is 4.74 Å². The highest BCUT2D eigenvalue weighted by Crippen LogP contribution is 2.35. The summed E-state index contributed by atoms with van der Waals surface area (Å²) in [7, 11) is -0.233. The Bertz CT molecular complexity index is 395. The van der Waals surface area contributed by atoms with Gasteiger partial charge < -0.3 is 4.74 Å². The van der Waals surface area contributed by atoms with Crippen LogP contribution in [0.4, 0.5) is 0 Å². The highest BCUT2D eigenvalue weighted by Gasteiger charge is 2.33. The van der Waals surface area contributed by atoms with Crippen LogP contribution in [0.1, 0.15) is 33.6 Å². The van der Waals surface area contributed by atoms with Gasteiger partial charge >= 0.3 is 0 Å². The lowest BCUT2D eigenvalue weighted by Gasteiger charge is -2.31. The van der Waals surface area contributed by atoms with E-state index < -0.39 is 16.9 Å². The standard InChI is InChI=1S/C16H30IOSi2/c1-16(2,3)20(7,8)13-11-15(19(5)6)14(17)10-9-12-18-4/h9-10,12H2,1-8H3/b15-14+. The zero-order valence-electron chi connectivity index (χ0n) is 14.4. The van der Waals surface area contributed by atoms with E-state index >= 15 is 0 Å². The fourth-order valence-electron chi connectivity index (χ4n) is 1.37. The lowest BCUT2D eigenvalue weighted by molar-refractivity contribution is 0.195. The van der Waals surface area contributed by atoms with Crippen LogP contribution in [0.2, 0.25) is 31.2 Å². The van der Waals surface area contributed by atoms with E-state index in [2.05, 4.69) is 81.0 Å². The van der Waals surface area contributed by atoms with E-state index in [-0.39, 0.29) is 0 Å². The predicted molar refractivity (Wildman–Crippen MR) is 105 cm³/mol. The highest BCUT2D eigenvalue weighted by molar-refractivity contribution is 14.1. The molecule has 0 rings (SSSR count). The molecule has 0 aromatic heterocycles. The summed E-state index contributed by atoms with van der Waals surface area (Å²) in [4.78, 5) is 0. The van der Waals surface area contributed by atoms with Gasteiger partial charge in [0.1, 0.15) is 8.07 Å². The van der Waals surface area contributed by atoms with Crippen molar-refractivity contribution in [1.82, 2.24) is 0 Å². The summed E-state index contributed by atoms with van der Waals surface area (Å²) in [5, 5.41) is 1.76. The van der Waals surface area contributed by atoms with Gasteiger partial charge in [0.05, 0.1) is 8.80 Å². The summed E-state index contributed by atoms with van der Waals surface area (Å²) in [6.45, 7) is 17.3. The highest BCUT2D eigenvalue weighted by atomic mass is 127. The van der Waals surface area contributed by atoms with Crippen molar-refractivity contribution in [2.75, 3.05) is 13.7 Å². The van der Waals surface area contributed by atoms with Crippen molar-refractivity contribution in [2.45, 2.75) is 64.8 Å². The van der Waals surface area contributed by atoms with Gasteiger partial charge in [0.25, 0.3) is 0 Å². The first kappa shape index (κ1) is 20.4. The van der Waals surface area contributed by atoms with E-state index in [1.807, 2.05) is 0 Å². The van der Waals surface area contributed by atoms with Crippen LogP contribution >= 0.6 is 22.6 Å². The van der Waals surface area contributed by atoms with Gasteiger partial charge in [-0.3, -0.25) is 0 Å². The predicted octanol–water partition coefficient (Wildman–Crippen LogP) is 5.45. The number of ether oxygens (including phenoxy) is 1. The first-order valence-electron chi connectivity index (χ1n) is 7.24. The molecule has 0 spiro atoms. The molecule has 0 saturated heterocycles. The van der Waals surface area contributed by atoms with Gasteiger partial charge in [0.15, 0.2) is 0 Å². The molecule has 0 heterocycles. The largest absolute Gasteiger partial charge is 0.385 e. The molecule has 0 aliphatic rings. The molecule has 0 atom stereocenters. The molecule has 1 radical (unpaired) electrons. The molecule has 1 nitrogen and oxygen atoms in total. The fourth-order valence-corrected chi connectivity index (χ4v) is 5.42. The van der Waals surface area contributed by atoms with E-state index in [9.17, 15) is 0 Å². The molecular formula is C16H30IOSi2. The second-order valence-corrected chi connectivity index (χ2v) is 15.8.